The number of carbonyl (C=O) groups is 1. The lowest BCUT2D eigenvalue weighted by Gasteiger charge is -2.09. The van der Waals surface area contributed by atoms with Crippen LogP contribution in [0.25, 0.3) is 0 Å². The monoisotopic (exact) mass is 292 g/mol. The number of aryl methyl sites for hydroxylation is 1. The Morgan fingerprint density at radius 1 is 1.25 bits per heavy atom. The Morgan fingerprint density at radius 2 is 2.00 bits per heavy atom. The van der Waals surface area contributed by atoms with E-state index in [1.54, 1.807) is 18.2 Å². The van der Waals surface area contributed by atoms with Gasteiger partial charge in [0.15, 0.2) is 5.78 Å². The fourth-order valence-corrected chi connectivity index (χ4v) is 2.13. The Kier molecular flexibility index (Phi) is 4.40. The quantitative estimate of drug-likeness (QED) is 0.789. The van der Waals surface area contributed by atoms with Gasteiger partial charge in [-0.15, -0.1) is 0 Å². The molecule has 0 aliphatic carbocycles. The van der Waals surface area contributed by atoms with Crippen LogP contribution in [0.1, 0.15) is 21.5 Å². The summed E-state index contributed by atoms with van der Waals surface area (Å²) in [4.78, 5) is 12.3. The van der Waals surface area contributed by atoms with Gasteiger partial charge in [-0.3, -0.25) is 4.79 Å². The maximum absolute atomic E-state index is 13.7. The molecule has 20 heavy (non-hydrogen) atoms. The zero-order valence-corrected chi connectivity index (χ0v) is 12.0. The van der Waals surface area contributed by atoms with Gasteiger partial charge in [0, 0.05) is 11.4 Å². The number of hydrogen-bond donors (Lipinski definition) is 0. The molecular formula is C16H14ClFO2. The first kappa shape index (κ1) is 14.5. The van der Waals surface area contributed by atoms with Crippen LogP contribution in [0.2, 0.25) is 5.02 Å². The first-order valence-corrected chi connectivity index (χ1v) is 6.51. The number of halogens is 2. The van der Waals surface area contributed by atoms with E-state index in [9.17, 15) is 9.18 Å². The normalized spacial score (nSPS) is 10.4. The number of ketones is 1. The third-order valence-corrected chi connectivity index (χ3v) is 3.26. The van der Waals surface area contributed by atoms with E-state index in [1.165, 1.54) is 19.2 Å². The first-order valence-electron chi connectivity index (χ1n) is 6.13. The molecule has 0 bridgehead atoms. The fourth-order valence-electron chi connectivity index (χ4n) is 1.97. The number of rotatable bonds is 4. The molecule has 0 aliphatic heterocycles. The summed E-state index contributed by atoms with van der Waals surface area (Å²) >= 11 is 5.69. The number of carbonyl (C=O) groups excluding carboxylic acids is 1. The van der Waals surface area contributed by atoms with E-state index in [4.69, 9.17) is 16.3 Å². The minimum absolute atomic E-state index is 0.0250. The van der Waals surface area contributed by atoms with Crippen LogP contribution < -0.4 is 4.74 Å². The number of hydrogen-bond acceptors (Lipinski definition) is 2. The van der Waals surface area contributed by atoms with Gasteiger partial charge in [0.05, 0.1) is 12.7 Å². The number of Topliss-reactive ketones (excluding diaryl/α,β-unsaturated/α-hetero) is 1. The SMILES string of the molecule is COc1ccc(C)cc1C(=O)Cc1ccc(Cl)cc1F. The van der Waals surface area contributed by atoms with Crippen LogP contribution in [0.5, 0.6) is 5.75 Å². The summed E-state index contributed by atoms with van der Waals surface area (Å²) in [5.41, 5.74) is 1.73. The van der Waals surface area contributed by atoms with Crippen LogP contribution in [0.4, 0.5) is 4.39 Å². The Labute approximate surface area is 122 Å². The van der Waals surface area contributed by atoms with Crippen molar-refractivity contribution < 1.29 is 13.9 Å². The van der Waals surface area contributed by atoms with Gasteiger partial charge in [0.1, 0.15) is 11.6 Å². The molecule has 4 heteroatoms. The lowest BCUT2D eigenvalue weighted by molar-refractivity contribution is 0.0989. The summed E-state index contributed by atoms with van der Waals surface area (Å²) in [5.74, 6) is -0.167. The summed E-state index contributed by atoms with van der Waals surface area (Å²) < 4.78 is 18.9. The molecule has 2 rings (SSSR count). The molecule has 0 aliphatic rings. The Bertz CT molecular complexity index is 653. The van der Waals surface area contributed by atoms with Crippen molar-refractivity contribution in [3.8, 4) is 5.75 Å². The average molecular weight is 293 g/mol. The molecule has 2 nitrogen and oxygen atoms in total. The lowest BCUT2D eigenvalue weighted by atomic mass is 10.0. The van der Waals surface area contributed by atoms with Crippen LogP contribution in [0.3, 0.4) is 0 Å². The second-order valence-electron chi connectivity index (χ2n) is 4.54. The van der Waals surface area contributed by atoms with Crippen LogP contribution in [-0.2, 0) is 6.42 Å². The van der Waals surface area contributed by atoms with Crippen molar-refractivity contribution in [1.29, 1.82) is 0 Å². The molecule has 0 radical (unpaired) electrons. The Morgan fingerprint density at radius 3 is 2.65 bits per heavy atom. The van der Waals surface area contributed by atoms with Gasteiger partial charge in [-0.1, -0.05) is 29.3 Å². The van der Waals surface area contributed by atoms with Gasteiger partial charge in [-0.2, -0.15) is 0 Å². The number of methoxy groups -OCH3 is 1. The van der Waals surface area contributed by atoms with Gasteiger partial charge in [0.25, 0.3) is 0 Å². The Hall–Kier alpha value is -1.87. The van der Waals surface area contributed by atoms with Gasteiger partial charge in [-0.05, 0) is 36.8 Å². The molecule has 0 amide bonds. The number of benzene rings is 2. The van der Waals surface area contributed by atoms with Crippen molar-refractivity contribution in [1.82, 2.24) is 0 Å². The van der Waals surface area contributed by atoms with E-state index in [2.05, 4.69) is 0 Å². The molecule has 0 heterocycles. The molecule has 0 aromatic heterocycles. The standard InChI is InChI=1S/C16H14ClFO2/c1-10-3-6-16(20-2)13(7-10)15(19)8-11-4-5-12(17)9-14(11)18/h3-7,9H,8H2,1-2H3. The maximum Gasteiger partial charge on any atom is 0.171 e. The van der Waals surface area contributed by atoms with E-state index >= 15 is 0 Å². The maximum atomic E-state index is 13.7. The summed E-state index contributed by atoms with van der Waals surface area (Å²) in [5, 5.41) is 0.312. The largest absolute Gasteiger partial charge is 0.496 e. The third kappa shape index (κ3) is 3.17. The fraction of sp³-hybridized carbons (Fsp3) is 0.188. The molecule has 0 spiro atoms. The van der Waals surface area contributed by atoms with Crippen molar-refractivity contribution in [3.05, 3.63) is 63.9 Å². The van der Waals surface area contributed by atoms with E-state index in [0.29, 0.717) is 21.9 Å². The topological polar surface area (TPSA) is 26.3 Å². The predicted octanol–water partition coefficient (Wildman–Crippen LogP) is 4.22. The lowest BCUT2D eigenvalue weighted by Crippen LogP contribution is -2.07. The van der Waals surface area contributed by atoms with E-state index in [0.717, 1.165) is 5.56 Å². The summed E-state index contributed by atoms with van der Waals surface area (Å²) in [6.45, 7) is 1.89. The van der Waals surface area contributed by atoms with Crippen molar-refractivity contribution in [3.63, 3.8) is 0 Å². The van der Waals surface area contributed by atoms with Crippen LogP contribution in [-0.4, -0.2) is 12.9 Å². The highest BCUT2D eigenvalue weighted by molar-refractivity contribution is 6.30. The van der Waals surface area contributed by atoms with Crippen LogP contribution in [0.15, 0.2) is 36.4 Å². The highest BCUT2D eigenvalue weighted by Gasteiger charge is 2.15. The van der Waals surface area contributed by atoms with E-state index < -0.39 is 5.82 Å². The molecule has 0 saturated carbocycles. The zero-order valence-electron chi connectivity index (χ0n) is 11.2. The van der Waals surface area contributed by atoms with Gasteiger partial charge in [0.2, 0.25) is 0 Å². The molecule has 104 valence electrons. The van der Waals surface area contributed by atoms with E-state index in [-0.39, 0.29) is 12.2 Å². The molecule has 0 saturated heterocycles. The second-order valence-corrected chi connectivity index (χ2v) is 4.98. The van der Waals surface area contributed by atoms with Crippen molar-refractivity contribution >= 4 is 17.4 Å². The Balaban J connectivity index is 2.30. The summed E-state index contributed by atoms with van der Waals surface area (Å²) in [6.07, 6.45) is -0.0250. The smallest absolute Gasteiger partial charge is 0.171 e. The molecule has 2 aromatic carbocycles. The van der Waals surface area contributed by atoms with Crippen molar-refractivity contribution in [2.75, 3.05) is 7.11 Å². The summed E-state index contributed by atoms with van der Waals surface area (Å²) in [6, 6.07) is 9.64. The van der Waals surface area contributed by atoms with E-state index in [1.807, 2.05) is 13.0 Å². The molecule has 0 unspecified atom stereocenters. The number of ether oxygens (including phenoxy) is 1. The van der Waals surface area contributed by atoms with Gasteiger partial charge in [-0.25, -0.2) is 4.39 Å². The minimum Gasteiger partial charge on any atom is -0.496 e. The minimum atomic E-state index is -0.475. The highest BCUT2D eigenvalue weighted by Crippen LogP contribution is 2.23. The first-order chi connectivity index (χ1) is 9.51. The van der Waals surface area contributed by atoms with Crippen molar-refractivity contribution in [2.24, 2.45) is 0 Å². The second kappa shape index (κ2) is 6.06. The van der Waals surface area contributed by atoms with Gasteiger partial charge < -0.3 is 4.74 Å². The summed E-state index contributed by atoms with van der Waals surface area (Å²) in [7, 11) is 1.50. The molecule has 0 fully saturated rings. The third-order valence-electron chi connectivity index (χ3n) is 3.02. The van der Waals surface area contributed by atoms with Crippen molar-refractivity contribution in [2.45, 2.75) is 13.3 Å². The molecule has 0 atom stereocenters. The van der Waals surface area contributed by atoms with Crippen LogP contribution in [0, 0.1) is 12.7 Å². The highest BCUT2D eigenvalue weighted by atomic mass is 35.5. The predicted molar refractivity (Wildman–Crippen MR) is 77.2 cm³/mol. The average Bonchev–Trinajstić information content (AvgIpc) is 2.41. The van der Waals surface area contributed by atoms with Crippen LogP contribution >= 0.6 is 11.6 Å². The molecule has 0 N–H and O–H groups in total. The van der Waals surface area contributed by atoms with Gasteiger partial charge >= 0.3 is 0 Å². The molecular weight excluding hydrogens is 279 g/mol. The molecule has 2 aromatic rings. The zero-order chi connectivity index (χ0) is 14.7.